The fourth-order valence-corrected chi connectivity index (χ4v) is 2.02. The minimum Gasteiger partial charge on any atom is -0.478 e. The van der Waals surface area contributed by atoms with Gasteiger partial charge in [-0.05, 0) is 31.9 Å². The smallest absolute Gasteiger partial charge is 0.339 e. The lowest BCUT2D eigenvalue weighted by molar-refractivity contribution is 0.0694. The van der Waals surface area contributed by atoms with Crippen molar-refractivity contribution in [2.45, 2.75) is 25.7 Å². The third-order valence-electron chi connectivity index (χ3n) is 3.13. The predicted molar refractivity (Wildman–Crippen MR) is 68.9 cm³/mol. The zero-order valence-electron chi connectivity index (χ0n) is 10.5. The second-order valence-electron chi connectivity index (χ2n) is 4.74. The lowest BCUT2D eigenvalue weighted by atomic mass is 10.1. The van der Waals surface area contributed by atoms with Crippen LogP contribution in [0, 0.1) is 6.92 Å². The molecule has 0 spiro atoms. The van der Waals surface area contributed by atoms with E-state index in [0.29, 0.717) is 17.2 Å². The third kappa shape index (κ3) is 2.31. The number of hydrogen-bond acceptors (Lipinski definition) is 4. The van der Waals surface area contributed by atoms with E-state index in [-0.39, 0.29) is 11.5 Å². The maximum atomic E-state index is 11.2. The highest BCUT2D eigenvalue weighted by Gasteiger charge is 2.30. The first-order valence-corrected chi connectivity index (χ1v) is 6.19. The molecule has 5 nitrogen and oxygen atoms in total. The van der Waals surface area contributed by atoms with Gasteiger partial charge in [-0.2, -0.15) is 0 Å². The van der Waals surface area contributed by atoms with Gasteiger partial charge in [0.25, 0.3) is 0 Å². The summed E-state index contributed by atoms with van der Waals surface area (Å²) in [7, 11) is 0. The molecule has 0 bridgehead atoms. The first kappa shape index (κ1) is 11.8. The standard InChI is InChI=1S/C14H13N3O2/c1-8-3-2-4-11(16-8)13-15-7-10(14(18)19)12(17-13)9-5-6-9/h2-4,7,9H,5-6H2,1H3,(H,18,19). The summed E-state index contributed by atoms with van der Waals surface area (Å²) in [6, 6.07) is 5.62. The summed E-state index contributed by atoms with van der Waals surface area (Å²) >= 11 is 0. The Morgan fingerprint density at radius 1 is 1.32 bits per heavy atom. The Morgan fingerprint density at radius 2 is 2.11 bits per heavy atom. The van der Waals surface area contributed by atoms with Gasteiger partial charge in [-0.15, -0.1) is 0 Å². The molecule has 1 aliphatic carbocycles. The van der Waals surface area contributed by atoms with E-state index in [1.165, 1.54) is 6.20 Å². The van der Waals surface area contributed by atoms with Crippen LogP contribution in [0.1, 0.15) is 40.5 Å². The van der Waals surface area contributed by atoms with Gasteiger partial charge in [0.1, 0.15) is 5.69 Å². The molecule has 1 N–H and O–H groups in total. The van der Waals surface area contributed by atoms with Crippen LogP contribution in [0.4, 0.5) is 0 Å². The van der Waals surface area contributed by atoms with E-state index in [2.05, 4.69) is 15.0 Å². The quantitative estimate of drug-likeness (QED) is 0.911. The van der Waals surface area contributed by atoms with Crippen LogP contribution < -0.4 is 0 Å². The van der Waals surface area contributed by atoms with Gasteiger partial charge < -0.3 is 5.11 Å². The summed E-state index contributed by atoms with van der Waals surface area (Å²) in [5.41, 5.74) is 2.41. The summed E-state index contributed by atoms with van der Waals surface area (Å²) in [5.74, 6) is -0.209. The fourth-order valence-electron chi connectivity index (χ4n) is 2.02. The highest BCUT2D eigenvalue weighted by Crippen LogP contribution is 2.40. The van der Waals surface area contributed by atoms with Gasteiger partial charge in [-0.1, -0.05) is 6.07 Å². The van der Waals surface area contributed by atoms with E-state index < -0.39 is 5.97 Å². The molecule has 5 heteroatoms. The van der Waals surface area contributed by atoms with Crippen LogP contribution in [0.3, 0.4) is 0 Å². The molecule has 2 aromatic rings. The second-order valence-corrected chi connectivity index (χ2v) is 4.74. The molecule has 2 aromatic heterocycles. The fraction of sp³-hybridized carbons (Fsp3) is 0.286. The van der Waals surface area contributed by atoms with Crippen LogP contribution >= 0.6 is 0 Å². The molecule has 0 amide bonds. The first-order chi connectivity index (χ1) is 9.15. The van der Waals surface area contributed by atoms with Crippen molar-refractivity contribution >= 4 is 5.97 Å². The van der Waals surface area contributed by atoms with Crippen LogP contribution in [0.15, 0.2) is 24.4 Å². The average molecular weight is 255 g/mol. The molecule has 1 aliphatic rings. The largest absolute Gasteiger partial charge is 0.478 e. The Kier molecular flexibility index (Phi) is 2.74. The van der Waals surface area contributed by atoms with E-state index in [1.807, 2.05) is 25.1 Å². The number of hydrogen-bond donors (Lipinski definition) is 1. The van der Waals surface area contributed by atoms with Gasteiger partial charge >= 0.3 is 5.97 Å². The van der Waals surface area contributed by atoms with Crippen molar-refractivity contribution in [1.29, 1.82) is 0 Å². The number of carboxylic acids is 1. The van der Waals surface area contributed by atoms with Crippen molar-refractivity contribution < 1.29 is 9.90 Å². The average Bonchev–Trinajstić information content (AvgIpc) is 3.22. The van der Waals surface area contributed by atoms with Crippen LogP contribution in [0.2, 0.25) is 0 Å². The lowest BCUT2D eigenvalue weighted by Crippen LogP contribution is -2.07. The van der Waals surface area contributed by atoms with Gasteiger partial charge in [0.2, 0.25) is 0 Å². The Morgan fingerprint density at radius 3 is 2.74 bits per heavy atom. The van der Waals surface area contributed by atoms with E-state index in [9.17, 15) is 4.79 Å². The Hall–Kier alpha value is -2.30. The highest BCUT2D eigenvalue weighted by atomic mass is 16.4. The predicted octanol–water partition coefficient (Wildman–Crippen LogP) is 2.42. The molecule has 0 saturated heterocycles. The lowest BCUT2D eigenvalue weighted by Gasteiger charge is -2.06. The van der Waals surface area contributed by atoms with Gasteiger partial charge in [0.05, 0.1) is 11.3 Å². The maximum Gasteiger partial charge on any atom is 0.339 e. The minimum atomic E-state index is -0.967. The number of aryl methyl sites for hydroxylation is 1. The van der Waals surface area contributed by atoms with Crippen LogP contribution in [-0.2, 0) is 0 Å². The Bertz CT molecular complexity index is 651. The molecule has 19 heavy (non-hydrogen) atoms. The summed E-state index contributed by atoms with van der Waals surface area (Å²) in [4.78, 5) is 24.1. The van der Waals surface area contributed by atoms with Crippen molar-refractivity contribution in [3.8, 4) is 11.5 Å². The molecule has 0 aromatic carbocycles. The number of aromatic carboxylic acids is 1. The number of aromatic nitrogens is 3. The Labute approximate surface area is 110 Å². The van der Waals surface area contributed by atoms with E-state index >= 15 is 0 Å². The van der Waals surface area contributed by atoms with Crippen LogP contribution in [0.25, 0.3) is 11.5 Å². The molecular formula is C14H13N3O2. The zero-order valence-corrected chi connectivity index (χ0v) is 10.5. The topological polar surface area (TPSA) is 76.0 Å². The molecule has 0 radical (unpaired) electrons. The van der Waals surface area contributed by atoms with Crippen molar-refractivity contribution in [2.75, 3.05) is 0 Å². The highest BCUT2D eigenvalue weighted by molar-refractivity contribution is 5.89. The molecule has 1 fully saturated rings. The van der Waals surface area contributed by atoms with Crippen molar-refractivity contribution in [1.82, 2.24) is 15.0 Å². The molecular weight excluding hydrogens is 242 g/mol. The van der Waals surface area contributed by atoms with Gasteiger partial charge in [0.15, 0.2) is 5.82 Å². The summed E-state index contributed by atoms with van der Waals surface area (Å²) < 4.78 is 0. The molecule has 0 atom stereocenters. The van der Waals surface area contributed by atoms with Crippen molar-refractivity contribution in [3.63, 3.8) is 0 Å². The van der Waals surface area contributed by atoms with E-state index in [4.69, 9.17) is 5.11 Å². The molecule has 1 saturated carbocycles. The molecule has 3 rings (SSSR count). The number of carbonyl (C=O) groups is 1. The number of nitrogens with zero attached hydrogens (tertiary/aromatic N) is 3. The van der Waals surface area contributed by atoms with Gasteiger partial charge in [-0.3, -0.25) is 0 Å². The zero-order chi connectivity index (χ0) is 13.4. The first-order valence-electron chi connectivity index (χ1n) is 6.19. The molecule has 96 valence electrons. The van der Waals surface area contributed by atoms with Gasteiger partial charge in [-0.25, -0.2) is 19.7 Å². The second kappa shape index (κ2) is 4.42. The monoisotopic (exact) mass is 255 g/mol. The van der Waals surface area contributed by atoms with E-state index in [0.717, 1.165) is 18.5 Å². The molecule has 0 unspecified atom stereocenters. The van der Waals surface area contributed by atoms with Crippen molar-refractivity contribution in [3.05, 3.63) is 41.3 Å². The molecule has 2 heterocycles. The third-order valence-corrected chi connectivity index (χ3v) is 3.13. The number of pyridine rings is 1. The minimum absolute atomic E-state index is 0.207. The Balaban J connectivity index is 2.08. The van der Waals surface area contributed by atoms with Gasteiger partial charge in [0, 0.05) is 17.8 Å². The van der Waals surface area contributed by atoms with Crippen LogP contribution in [-0.4, -0.2) is 26.0 Å². The number of carboxylic acid groups (broad SMARTS) is 1. The SMILES string of the molecule is Cc1cccc(-c2ncc(C(=O)O)c(C3CC3)n2)n1. The maximum absolute atomic E-state index is 11.2. The van der Waals surface area contributed by atoms with E-state index in [1.54, 1.807) is 0 Å². The van der Waals surface area contributed by atoms with Crippen LogP contribution in [0.5, 0.6) is 0 Å². The molecule has 0 aliphatic heterocycles. The summed E-state index contributed by atoms with van der Waals surface area (Å²) in [5, 5.41) is 9.15. The van der Waals surface area contributed by atoms with Crippen molar-refractivity contribution in [2.24, 2.45) is 0 Å². The number of rotatable bonds is 3. The normalized spacial score (nSPS) is 14.4. The summed E-state index contributed by atoms with van der Waals surface area (Å²) in [6.45, 7) is 1.90. The summed E-state index contributed by atoms with van der Waals surface area (Å²) in [6.07, 6.45) is 3.39.